The summed E-state index contributed by atoms with van der Waals surface area (Å²) in [4.78, 5) is 13.7. The number of carbonyl (C=O) groups is 1. The largest absolute Gasteiger partial charge is 0.460 e. The van der Waals surface area contributed by atoms with Crippen molar-refractivity contribution < 1.29 is 22.7 Å². The summed E-state index contributed by atoms with van der Waals surface area (Å²) in [6.07, 6.45) is -2.22. The molecule has 0 aromatic heterocycles. The molecule has 1 heterocycles. The highest BCUT2D eigenvalue weighted by Gasteiger charge is 2.31. The minimum absolute atomic E-state index is 0.0568. The molecule has 0 N–H and O–H groups in total. The van der Waals surface area contributed by atoms with Gasteiger partial charge in [0.05, 0.1) is 12.1 Å². The van der Waals surface area contributed by atoms with Gasteiger partial charge in [-0.2, -0.15) is 13.2 Å². The first-order valence-electron chi connectivity index (χ1n) is 7.53. The van der Waals surface area contributed by atoms with E-state index < -0.39 is 11.7 Å². The standard InChI is InChI=1S/C17H20F3NO2/c1-11(2)7-12(3)21-10-15(9-16(21)22)23-14-6-4-5-13(8-14)17(18,19)20/h4-6,8-9,11-12H,7,10H2,1-3H3. The van der Waals surface area contributed by atoms with E-state index in [9.17, 15) is 18.0 Å². The highest BCUT2D eigenvalue weighted by atomic mass is 19.4. The van der Waals surface area contributed by atoms with E-state index >= 15 is 0 Å². The predicted molar refractivity (Wildman–Crippen MR) is 80.8 cm³/mol. The number of hydrogen-bond donors (Lipinski definition) is 0. The van der Waals surface area contributed by atoms with Crippen LogP contribution >= 0.6 is 0 Å². The van der Waals surface area contributed by atoms with Crippen molar-refractivity contribution in [2.45, 2.75) is 39.4 Å². The monoisotopic (exact) mass is 327 g/mol. The SMILES string of the molecule is CC(C)CC(C)N1CC(Oc2cccc(C(F)(F)F)c2)=CC1=O. The van der Waals surface area contributed by atoms with E-state index in [-0.39, 0.29) is 24.2 Å². The summed E-state index contributed by atoms with van der Waals surface area (Å²) in [6, 6.07) is 4.71. The number of halogens is 3. The summed E-state index contributed by atoms with van der Waals surface area (Å²) < 4.78 is 43.6. The minimum Gasteiger partial charge on any atom is -0.460 e. The molecule has 126 valence electrons. The first kappa shape index (κ1) is 17.4. The molecule has 0 saturated heterocycles. The van der Waals surface area contributed by atoms with Crippen LogP contribution in [0.2, 0.25) is 0 Å². The van der Waals surface area contributed by atoms with Crippen LogP contribution in [0, 0.1) is 5.92 Å². The molecule has 1 aromatic rings. The second-order valence-corrected chi connectivity index (χ2v) is 6.18. The van der Waals surface area contributed by atoms with Crippen LogP contribution in [0.4, 0.5) is 13.2 Å². The Labute approximate surface area is 133 Å². The van der Waals surface area contributed by atoms with E-state index in [1.807, 2.05) is 6.92 Å². The van der Waals surface area contributed by atoms with Crippen molar-refractivity contribution >= 4 is 5.91 Å². The van der Waals surface area contributed by atoms with Crippen LogP contribution in [-0.4, -0.2) is 23.4 Å². The molecule has 0 aliphatic carbocycles. The van der Waals surface area contributed by atoms with Crippen molar-refractivity contribution in [2.75, 3.05) is 6.54 Å². The second-order valence-electron chi connectivity index (χ2n) is 6.18. The van der Waals surface area contributed by atoms with Crippen LogP contribution in [0.3, 0.4) is 0 Å². The van der Waals surface area contributed by atoms with Gasteiger partial charge in [-0.1, -0.05) is 19.9 Å². The Kier molecular flexibility index (Phi) is 5.02. The topological polar surface area (TPSA) is 29.5 Å². The highest BCUT2D eigenvalue weighted by molar-refractivity contribution is 5.91. The highest BCUT2D eigenvalue weighted by Crippen LogP contribution is 2.32. The average Bonchev–Trinajstić information content (AvgIpc) is 2.78. The summed E-state index contributed by atoms with van der Waals surface area (Å²) in [6.45, 7) is 6.39. The lowest BCUT2D eigenvalue weighted by Crippen LogP contribution is -2.36. The molecule has 3 nitrogen and oxygen atoms in total. The lowest BCUT2D eigenvalue weighted by molar-refractivity contribution is -0.137. The lowest BCUT2D eigenvalue weighted by atomic mass is 10.0. The van der Waals surface area contributed by atoms with Gasteiger partial charge in [-0.05, 0) is 37.5 Å². The van der Waals surface area contributed by atoms with Gasteiger partial charge < -0.3 is 9.64 Å². The van der Waals surface area contributed by atoms with Gasteiger partial charge in [-0.15, -0.1) is 0 Å². The Morgan fingerprint density at radius 2 is 1.96 bits per heavy atom. The molecule has 1 unspecified atom stereocenters. The Hall–Kier alpha value is -1.98. The van der Waals surface area contributed by atoms with Gasteiger partial charge in [-0.25, -0.2) is 0 Å². The number of nitrogens with zero attached hydrogens (tertiary/aromatic N) is 1. The maximum Gasteiger partial charge on any atom is 0.416 e. The normalized spacial score (nSPS) is 16.7. The molecule has 0 radical (unpaired) electrons. The zero-order chi connectivity index (χ0) is 17.2. The van der Waals surface area contributed by atoms with Crippen LogP contribution in [0.25, 0.3) is 0 Å². The van der Waals surface area contributed by atoms with Crippen molar-refractivity contribution in [1.82, 2.24) is 4.90 Å². The first-order chi connectivity index (χ1) is 10.7. The molecule has 0 spiro atoms. The van der Waals surface area contributed by atoms with E-state index in [0.717, 1.165) is 18.6 Å². The molecule has 0 fully saturated rings. The fourth-order valence-electron chi connectivity index (χ4n) is 2.64. The molecule has 6 heteroatoms. The van der Waals surface area contributed by atoms with Crippen LogP contribution in [-0.2, 0) is 11.0 Å². The van der Waals surface area contributed by atoms with Crippen molar-refractivity contribution in [1.29, 1.82) is 0 Å². The van der Waals surface area contributed by atoms with Crippen LogP contribution in [0.5, 0.6) is 5.75 Å². The molecule has 23 heavy (non-hydrogen) atoms. The van der Waals surface area contributed by atoms with Gasteiger partial charge in [0.15, 0.2) is 0 Å². The van der Waals surface area contributed by atoms with Crippen LogP contribution < -0.4 is 4.74 Å². The predicted octanol–water partition coefficient (Wildman–Crippen LogP) is 4.24. The zero-order valence-electron chi connectivity index (χ0n) is 13.4. The van der Waals surface area contributed by atoms with E-state index in [2.05, 4.69) is 13.8 Å². The fraction of sp³-hybridized carbons (Fsp3) is 0.471. The van der Waals surface area contributed by atoms with Gasteiger partial charge >= 0.3 is 6.18 Å². The maximum atomic E-state index is 12.7. The van der Waals surface area contributed by atoms with E-state index in [0.29, 0.717) is 11.7 Å². The first-order valence-corrected chi connectivity index (χ1v) is 7.53. The summed E-state index contributed by atoms with van der Waals surface area (Å²) in [5.41, 5.74) is -0.773. The molecule has 1 aliphatic heterocycles. The number of carbonyl (C=O) groups excluding carboxylic acids is 1. The summed E-state index contributed by atoms with van der Waals surface area (Å²) in [5, 5.41) is 0. The van der Waals surface area contributed by atoms with Gasteiger partial charge in [0.1, 0.15) is 11.5 Å². The van der Waals surface area contributed by atoms with Crippen molar-refractivity contribution in [3.05, 3.63) is 41.7 Å². The number of benzene rings is 1. The zero-order valence-corrected chi connectivity index (χ0v) is 13.4. The number of amides is 1. The quantitative estimate of drug-likeness (QED) is 0.809. The summed E-state index contributed by atoms with van der Waals surface area (Å²) in [7, 11) is 0. The molecule has 1 aromatic carbocycles. The number of alkyl halides is 3. The Bertz CT molecular complexity index is 608. The molecule has 1 aliphatic rings. The van der Waals surface area contributed by atoms with Gasteiger partial charge in [0.25, 0.3) is 5.91 Å². The summed E-state index contributed by atoms with van der Waals surface area (Å²) in [5.74, 6) is 0.730. The molecular weight excluding hydrogens is 307 g/mol. The minimum atomic E-state index is -4.42. The third kappa shape index (κ3) is 4.50. The fourth-order valence-corrected chi connectivity index (χ4v) is 2.64. The van der Waals surface area contributed by atoms with E-state index in [1.54, 1.807) is 4.90 Å². The van der Waals surface area contributed by atoms with E-state index in [4.69, 9.17) is 4.74 Å². The number of rotatable bonds is 5. The Morgan fingerprint density at radius 3 is 2.57 bits per heavy atom. The second kappa shape index (κ2) is 6.64. The number of hydrogen-bond acceptors (Lipinski definition) is 2. The third-order valence-electron chi connectivity index (χ3n) is 3.65. The lowest BCUT2D eigenvalue weighted by Gasteiger charge is -2.26. The number of ether oxygens (including phenoxy) is 1. The Balaban J connectivity index is 2.05. The molecular formula is C17H20F3NO2. The molecule has 0 saturated carbocycles. The van der Waals surface area contributed by atoms with Gasteiger partial charge in [0.2, 0.25) is 0 Å². The van der Waals surface area contributed by atoms with E-state index in [1.165, 1.54) is 18.2 Å². The smallest absolute Gasteiger partial charge is 0.416 e. The van der Waals surface area contributed by atoms with Gasteiger partial charge in [0, 0.05) is 12.1 Å². The van der Waals surface area contributed by atoms with Crippen LogP contribution in [0.15, 0.2) is 36.1 Å². The molecule has 1 amide bonds. The maximum absolute atomic E-state index is 12.7. The Morgan fingerprint density at radius 1 is 1.26 bits per heavy atom. The summed E-state index contributed by atoms with van der Waals surface area (Å²) >= 11 is 0. The average molecular weight is 327 g/mol. The van der Waals surface area contributed by atoms with Crippen molar-refractivity contribution in [3.8, 4) is 5.75 Å². The van der Waals surface area contributed by atoms with Crippen molar-refractivity contribution in [2.24, 2.45) is 5.92 Å². The van der Waals surface area contributed by atoms with Crippen molar-refractivity contribution in [3.63, 3.8) is 0 Å². The molecule has 1 atom stereocenters. The van der Waals surface area contributed by atoms with Gasteiger partial charge in [-0.3, -0.25) is 4.79 Å². The third-order valence-corrected chi connectivity index (χ3v) is 3.65. The molecule has 2 rings (SSSR count). The van der Waals surface area contributed by atoms with Crippen LogP contribution in [0.1, 0.15) is 32.8 Å². The molecule has 0 bridgehead atoms.